The smallest absolute Gasteiger partial charge is 0.251 e. The minimum Gasteiger partial charge on any atom is -0.394 e. The third-order valence-electron chi connectivity index (χ3n) is 2.03. The van der Waals surface area contributed by atoms with Crippen LogP contribution in [0.1, 0.15) is 24.2 Å². The monoisotopic (exact) mass is 289 g/mol. The molecule has 2 N–H and O–H groups in total. The van der Waals surface area contributed by atoms with Crippen LogP contribution in [0, 0.1) is 5.82 Å². The molecular weight excluding hydrogens is 277 g/mol. The summed E-state index contributed by atoms with van der Waals surface area (Å²) in [5.74, 6) is -0.903. The fraction of sp³-hybridized carbons (Fsp3) is 0.364. The average Bonchev–Trinajstić information content (AvgIpc) is 2.21. The third kappa shape index (κ3) is 3.28. The number of amides is 1. The number of aliphatic hydroxyl groups excluding tert-OH is 1. The summed E-state index contributed by atoms with van der Waals surface area (Å²) in [6.07, 6.45) is 0. The summed E-state index contributed by atoms with van der Waals surface area (Å²) in [5, 5.41) is 11.6. The van der Waals surface area contributed by atoms with Gasteiger partial charge in [-0.15, -0.1) is 0 Å². The first-order valence-electron chi connectivity index (χ1n) is 4.74. The van der Waals surface area contributed by atoms with E-state index in [0.717, 1.165) is 6.07 Å². The molecule has 88 valence electrons. The van der Waals surface area contributed by atoms with Gasteiger partial charge in [0.2, 0.25) is 0 Å². The van der Waals surface area contributed by atoms with Crippen LogP contribution in [0.3, 0.4) is 0 Å². The lowest BCUT2D eigenvalue weighted by Gasteiger charge is -2.23. The second-order valence-corrected chi connectivity index (χ2v) is 4.98. The fourth-order valence-corrected chi connectivity index (χ4v) is 1.30. The largest absolute Gasteiger partial charge is 0.394 e. The number of aliphatic hydroxyl groups is 1. The highest BCUT2D eigenvalue weighted by molar-refractivity contribution is 9.10. The predicted octanol–water partition coefficient (Wildman–Crippen LogP) is 2.09. The molecule has 0 saturated carbocycles. The summed E-state index contributed by atoms with van der Waals surface area (Å²) in [7, 11) is 0. The maximum atomic E-state index is 13.2. The van der Waals surface area contributed by atoms with E-state index in [1.807, 2.05) is 0 Å². The number of rotatable bonds is 3. The van der Waals surface area contributed by atoms with Crippen molar-refractivity contribution in [1.29, 1.82) is 0 Å². The van der Waals surface area contributed by atoms with E-state index in [2.05, 4.69) is 21.2 Å². The summed E-state index contributed by atoms with van der Waals surface area (Å²) in [5.41, 5.74) is -0.497. The van der Waals surface area contributed by atoms with E-state index in [0.29, 0.717) is 4.47 Å². The molecule has 0 aromatic heterocycles. The summed E-state index contributed by atoms with van der Waals surface area (Å²) in [4.78, 5) is 11.7. The topological polar surface area (TPSA) is 49.3 Å². The first-order chi connectivity index (χ1) is 7.35. The Hall–Kier alpha value is -0.940. The molecule has 0 atom stereocenters. The Morgan fingerprint density at radius 2 is 2.19 bits per heavy atom. The maximum Gasteiger partial charge on any atom is 0.251 e. The lowest BCUT2D eigenvalue weighted by molar-refractivity contribution is 0.0869. The van der Waals surface area contributed by atoms with Gasteiger partial charge in [0.25, 0.3) is 5.91 Å². The Labute approximate surface area is 102 Å². The van der Waals surface area contributed by atoms with Crippen molar-refractivity contribution in [3.8, 4) is 0 Å². The van der Waals surface area contributed by atoms with Crippen molar-refractivity contribution in [3.63, 3.8) is 0 Å². The van der Waals surface area contributed by atoms with E-state index in [4.69, 9.17) is 5.11 Å². The Bertz CT molecular complexity index is 407. The second-order valence-electron chi connectivity index (χ2n) is 4.13. The van der Waals surface area contributed by atoms with Crippen molar-refractivity contribution < 1.29 is 14.3 Å². The highest BCUT2D eigenvalue weighted by atomic mass is 79.9. The lowest BCUT2D eigenvalue weighted by Crippen LogP contribution is -2.46. The van der Waals surface area contributed by atoms with Crippen molar-refractivity contribution >= 4 is 21.8 Å². The number of hydrogen-bond acceptors (Lipinski definition) is 2. The molecule has 0 spiro atoms. The van der Waals surface area contributed by atoms with Crippen molar-refractivity contribution in [2.75, 3.05) is 6.61 Å². The van der Waals surface area contributed by atoms with E-state index >= 15 is 0 Å². The molecule has 0 saturated heterocycles. The Morgan fingerprint density at radius 3 is 2.69 bits per heavy atom. The highest BCUT2D eigenvalue weighted by Crippen LogP contribution is 2.16. The van der Waals surface area contributed by atoms with Crippen LogP contribution in [0.4, 0.5) is 4.39 Å². The third-order valence-corrected chi connectivity index (χ3v) is 2.67. The number of nitrogens with one attached hydrogen (secondary N) is 1. The van der Waals surface area contributed by atoms with Gasteiger partial charge in [-0.2, -0.15) is 0 Å². The highest BCUT2D eigenvalue weighted by Gasteiger charge is 2.20. The molecule has 5 heteroatoms. The van der Waals surface area contributed by atoms with Crippen LogP contribution in [0.15, 0.2) is 22.7 Å². The first-order valence-corrected chi connectivity index (χ1v) is 5.53. The molecule has 16 heavy (non-hydrogen) atoms. The quantitative estimate of drug-likeness (QED) is 0.895. The van der Waals surface area contributed by atoms with E-state index < -0.39 is 17.3 Å². The average molecular weight is 290 g/mol. The molecule has 0 heterocycles. The lowest BCUT2D eigenvalue weighted by atomic mass is 10.1. The van der Waals surface area contributed by atoms with Gasteiger partial charge in [-0.3, -0.25) is 4.79 Å². The minimum atomic E-state index is -0.722. The van der Waals surface area contributed by atoms with E-state index in [1.165, 1.54) is 12.1 Å². The maximum absolute atomic E-state index is 13.2. The Kier molecular flexibility index (Phi) is 4.04. The Balaban J connectivity index is 2.85. The minimum absolute atomic E-state index is 0.183. The molecule has 1 aromatic carbocycles. The molecule has 0 radical (unpaired) electrons. The molecule has 1 rings (SSSR count). The van der Waals surface area contributed by atoms with E-state index in [9.17, 15) is 9.18 Å². The van der Waals surface area contributed by atoms with Crippen molar-refractivity contribution in [2.45, 2.75) is 19.4 Å². The van der Waals surface area contributed by atoms with Crippen molar-refractivity contribution in [1.82, 2.24) is 5.32 Å². The fourth-order valence-electron chi connectivity index (χ4n) is 1.06. The van der Waals surface area contributed by atoms with Gasteiger partial charge in [0.1, 0.15) is 5.82 Å². The van der Waals surface area contributed by atoms with Gasteiger partial charge in [-0.1, -0.05) is 0 Å². The zero-order valence-corrected chi connectivity index (χ0v) is 10.6. The molecule has 0 unspecified atom stereocenters. The first kappa shape index (κ1) is 13.1. The van der Waals surface area contributed by atoms with Gasteiger partial charge >= 0.3 is 0 Å². The molecule has 0 aliphatic rings. The number of carbonyl (C=O) groups is 1. The number of benzene rings is 1. The molecule has 3 nitrogen and oxygen atoms in total. The van der Waals surface area contributed by atoms with Gasteiger partial charge in [0, 0.05) is 5.56 Å². The van der Waals surface area contributed by atoms with Gasteiger partial charge in [0.05, 0.1) is 16.6 Å². The molecular formula is C11H13BrFNO2. The summed E-state index contributed by atoms with van der Waals surface area (Å²) >= 11 is 3.01. The van der Waals surface area contributed by atoms with E-state index in [1.54, 1.807) is 13.8 Å². The van der Waals surface area contributed by atoms with Crippen molar-refractivity contribution in [3.05, 3.63) is 34.1 Å². The standard InChI is InChI=1S/C11H13BrFNO2/c1-11(2,6-15)14-10(16)7-3-4-8(12)9(13)5-7/h3-5,15H,6H2,1-2H3,(H,14,16). The molecule has 1 aromatic rings. The van der Waals surface area contributed by atoms with Crippen molar-refractivity contribution in [2.24, 2.45) is 0 Å². The predicted molar refractivity (Wildman–Crippen MR) is 62.7 cm³/mol. The summed E-state index contributed by atoms with van der Waals surface area (Å²) in [6.45, 7) is 3.18. The zero-order chi connectivity index (χ0) is 12.3. The number of carbonyl (C=O) groups excluding carboxylic acids is 1. The zero-order valence-electron chi connectivity index (χ0n) is 9.05. The normalized spacial score (nSPS) is 11.3. The van der Waals surface area contributed by atoms with Gasteiger partial charge in [0.15, 0.2) is 0 Å². The molecule has 1 amide bonds. The van der Waals surface area contributed by atoms with Crippen LogP contribution in [0.25, 0.3) is 0 Å². The molecule has 0 fully saturated rings. The van der Waals surface area contributed by atoms with Crippen LogP contribution in [0.2, 0.25) is 0 Å². The van der Waals surface area contributed by atoms with Crippen LogP contribution < -0.4 is 5.32 Å². The van der Waals surface area contributed by atoms with Crippen LogP contribution in [-0.4, -0.2) is 23.2 Å². The summed E-state index contributed by atoms with van der Waals surface area (Å²) in [6, 6.07) is 4.12. The molecule has 0 aliphatic carbocycles. The number of halogens is 2. The van der Waals surface area contributed by atoms with E-state index in [-0.39, 0.29) is 12.2 Å². The van der Waals surface area contributed by atoms with Gasteiger partial charge < -0.3 is 10.4 Å². The SMILES string of the molecule is CC(C)(CO)NC(=O)c1ccc(Br)c(F)c1. The number of hydrogen-bond donors (Lipinski definition) is 2. The van der Waals surface area contributed by atoms with Crippen LogP contribution >= 0.6 is 15.9 Å². The van der Waals surface area contributed by atoms with Gasteiger partial charge in [-0.25, -0.2) is 4.39 Å². The van der Waals surface area contributed by atoms with Gasteiger partial charge in [-0.05, 0) is 48.0 Å². The second kappa shape index (κ2) is 4.93. The van der Waals surface area contributed by atoms with Crippen LogP contribution in [-0.2, 0) is 0 Å². The molecule has 0 aliphatic heterocycles. The van der Waals surface area contributed by atoms with Crippen LogP contribution in [0.5, 0.6) is 0 Å². The molecule has 0 bridgehead atoms. The summed E-state index contributed by atoms with van der Waals surface area (Å²) < 4.78 is 13.5. The Morgan fingerprint density at radius 1 is 1.56 bits per heavy atom.